The van der Waals surface area contributed by atoms with E-state index in [2.05, 4.69) is 41.2 Å². The third-order valence-corrected chi connectivity index (χ3v) is 12.2. The first kappa shape index (κ1) is 54.3. The maximum Gasteiger partial charge on any atom is 0.486 e. The molecule has 0 aliphatic carbocycles. The summed E-state index contributed by atoms with van der Waals surface area (Å²) in [6, 6.07) is 0. The highest BCUT2D eigenvalue weighted by Gasteiger charge is 2.63. The number of unbranched alkanes of at least 4 members (excludes halogenated alkanes) is 25. The topological polar surface area (TPSA) is 80.3 Å². The van der Waals surface area contributed by atoms with Gasteiger partial charge in [0.25, 0.3) is 5.97 Å². The van der Waals surface area contributed by atoms with Gasteiger partial charge in [-0.15, -0.1) is 0 Å². The number of carbonyl (C=O) groups is 1. The molecule has 0 aliphatic heterocycles. The van der Waals surface area contributed by atoms with Crippen molar-refractivity contribution >= 4 is 13.3 Å². The molecule has 0 aliphatic rings. The molecule has 8 heteroatoms. The second kappa shape index (κ2) is 38.8. The van der Waals surface area contributed by atoms with Gasteiger partial charge in [0.2, 0.25) is 0 Å². The smallest absolute Gasteiger partial charge is 0.327 e. The Morgan fingerprint density at radius 2 is 0.655 bits per heavy atom. The van der Waals surface area contributed by atoms with E-state index in [0.717, 1.165) is 96.3 Å². The number of ether oxygens (including phenoxy) is 5. The first-order valence-electron chi connectivity index (χ1n) is 23.6. The minimum atomic E-state index is -2.71. The van der Waals surface area contributed by atoms with E-state index in [1.165, 1.54) is 96.3 Å². The quantitative estimate of drug-likeness (QED) is 0.0263. The summed E-state index contributed by atoms with van der Waals surface area (Å²) >= 11 is 0. The van der Waals surface area contributed by atoms with Crippen LogP contribution < -0.4 is 0 Å². The molecule has 0 bridgehead atoms. The van der Waals surface area contributed by atoms with Crippen LogP contribution in [0.4, 0.5) is 0 Å². The molecule has 0 aromatic carbocycles. The Labute approximate surface area is 342 Å². The predicted molar refractivity (Wildman–Crippen MR) is 234 cm³/mol. The van der Waals surface area contributed by atoms with E-state index in [1.807, 2.05) is 0 Å². The van der Waals surface area contributed by atoms with Crippen LogP contribution in [0.3, 0.4) is 0 Å². The summed E-state index contributed by atoms with van der Waals surface area (Å²) in [6.07, 6.45) is 33.2. The van der Waals surface area contributed by atoms with E-state index in [-0.39, 0.29) is 12.0 Å². The average Bonchev–Trinajstić information content (AvgIpc) is 3.18. The molecule has 0 spiro atoms. The fraction of sp³-hybridized carbons (Fsp3) is 0.936. The molecule has 0 amide bonds. The molecule has 0 saturated heterocycles. The average molecular weight is 800 g/mol. The van der Waals surface area contributed by atoms with Gasteiger partial charge < -0.3 is 23.7 Å². The monoisotopic (exact) mass is 800 g/mol. The summed E-state index contributed by atoms with van der Waals surface area (Å²) < 4.78 is 48.2. The molecule has 0 aromatic rings. The van der Waals surface area contributed by atoms with Crippen LogP contribution in [-0.4, -0.2) is 50.1 Å². The fourth-order valence-corrected chi connectivity index (χ4v) is 8.18. The second-order valence-electron chi connectivity index (χ2n) is 16.0. The van der Waals surface area contributed by atoms with Crippen LogP contribution in [0.5, 0.6) is 0 Å². The Bertz CT molecular complexity index is 831. The lowest BCUT2D eigenvalue weighted by Gasteiger charge is -2.37. The standard InChI is InChI=1S/C47H92O7P/c1-8-13-18-23-28-33-38-50-46(51-39-34-29-24-19-14-9-2,52-40-35-30-25-20-15-10-3)43-47(55(49)45(48)44(6)7,53-41-36-31-26-21-16-11-4)54-42-37-32-27-22-17-12-5/h6,8-43H2,1-5,7H3/q+1. The second-order valence-corrected chi connectivity index (χ2v) is 17.7. The number of hydrogen-bond donors (Lipinski definition) is 0. The maximum absolute atomic E-state index is 14.6. The summed E-state index contributed by atoms with van der Waals surface area (Å²) in [5.74, 6) is -1.56. The number of hydrogen-bond acceptors (Lipinski definition) is 7. The molecule has 0 aromatic heterocycles. The van der Waals surface area contributed by atoms with Crippen LogP contribution in [0, 0.1) is 0 Å². The van der Waals surface area contributed by atoms with Crippen LogP contribution in [-0.2, 0) is 33.0 Å². The Hall–Kier alpha value is -0.690. The van der Waals surface area contributed by atoms with Gasteiger partial charge in [-0.3, -0.25) is 0 Å². The van der Waals surface area contributed by atoms with Crippen molar-refractivity contribution in [2.24, 2.45) is 0 Å². The van der Waals surface area contributed by atoms with Crippen LogP contribution >= 0.6 is 7.80 Å². The summed E-state index contributed by atoms with van der Waals surface area (Å²) in [7, 11) is -2.71. The molecule has 7 nitrogen and oxygen atoms in total. The Morgan fingerprint density at radius 3 is 0.909 bits per heavy atom. The van der Waals surface area contributed by atoms with E-state index in [9.17, 15) is 9.36 Å². The highest BCUT2D eigenvalue weighted by molar-refractivity contribution is 7.65. The molecule has 0 fully saturated rings. The van der Waals surface area contributed by atoms with Gasteiger partial charge in [0.1, 0.15) is 6.42 Å². The van der Waals surface area contributed by atoms with Gasteiger partial charge in [0.15, 0.2) is 0 Å². The Morgan fingerprint density at radius 1 is 0.418 bits per heavy atom. The summed E-state index contributed by atoms with van der Waals surface area (Å²) in [4.78, 5) is 13.7. The van der Waals surface area contributed by atoms with Crippen LogP contribution in [0.2, 0.25) is 0 Å². The van der Waals surface area contributed by atoms with E-state index >= 15 is 0 Å². The van der Waals surface area contributed by atoms with E-state index in [4.69, 9.17) is 23.7 Å². The van der Waals surface area contributed by atoms with E-state index in [0.29, 0.717) is 33.0 Å². The van der Waals surface area contributed by atoms with Gasteiger partial charge >= 0.3 is 18.9 Å². The molecule has 0 rings (SSSR count). The molecule has 326 valence electrons. The zero-order chi connectivity index (χ0) is 40.7. The SMILES string of the molecule is C=C(C)C(=O)[P+](=O)C(CC(OCCCCCCCC)(OCCCCCCCC)OCCCCCCCC)(OCCCCCCCC)OCCCCCCCC. The number of carbonyl (C=O) groups excluding carboxylic acids is 1. The fourth-order valence-electron chi connectivity index (χ4n) is 6.77. The van der Waals surface area contributed by atoms with Gasteiger partial charge in [-0.05, 0) is 39.0 Å². The lowest BCUT2D eigenvalue weighted by Crippen LogP contribution is -2.49. The molecule has 1 unspecified atom stereocenters. The van der Waals surface area contributed by atoms with Gasteiger partial charge in [-0.1, -0.05) is 206 Å². The summed E-state index contributed by atoms with van der Waals surface area (Å²) in [5, 5.41) is 0. The Balaban J connectivity index is 6.65. The highest BCUT2D eigenvalue weighted by atomic mass is 31.1. The van der Waals surface area contributed by atoms with Gasteiger partial charge in [-0.2, -0.15) is 0 Å². The summed E-state index contributed by atoms with van der Waals surface area (Å²) in [5.41, 5.74) is -2.06. The van der Waals surface area contributed by atoms with Crippen LogP contribution in [0.15, 0.2) is 12.2 Å². The number of allylic oxidation sites excluding steroid dienone is 1. The highest BCUT2D eigenvalue weighted by Crippen LogP contribution is 2.50. The van der Waals surface area contributed by atoms with Crippen molar-refractivity contribution in [3.05, 3.63) is 12.2 Å². The Kier molecular flexibility index (Phi) is 38.3. The van der Waals surface area contributed by atoms with Crippen molar-refractivity contribution < 1.29 is 33.0 Å². The first-order chi connectivity index (χ1) is 26.8. The minimum absolute atomic E-state index is 0.0958. The molecule has 0 heterocycles. The largest absolute Gasteiger partial charge is 0.486 e. The third-order valence-electron chi connectivity index (χ3n) is 10.4. The van der Waals surface area contributed by atoms with Crippen LogP contribution in [0.1, 0.15) is 241 Å². The van der Waals surface area contributed by atoms with Crippen molar-refractivity contribution in [2.75, 3.05) is 33.0 Å². The van der Waals surface area contributed by atoms with Crippen molar-refractivity contribution in [2.45, 2.75) is 252 Å². The van der Waals surface area contributed by atoms with Crippen molar-refractivity contribution in [3.63, 3.8) is 0 Å². The van der Waals surface area contributed by atoms with Crippen molar-refractivity contribution in [3.8, 4) is 0 Å². The zero-order valence-corrected chi connectivity index (χ0v) is 38.4. The van der Waals surface area contributed by atoms with E-state index < -0.39 is 24.8 Å². The molecule has 0 saturated carbocycles. The zero-order valence-electron chi connectivity index (χ0n) is 37.5. The first-order valence-corrected chi connectivity index (χ1v) is 24.9. The van der Waals surface area contributed by atoms with Crippen LogP contribution in [0.25, 0.3) is 0 Å². The molecular formula is C47H92O7P+. The van der Waals surface area contributed by atoms with Gasteiger partial charge in [0.05, 0.1) is 33.0 Å². The lowest BCUT2D eigenvalue weighted by molar-refractivity contribution is -0.404. The number of rotatable bonds is 45. The predicted octanol–water partition coefficient (Wildman–Crippen LogP) is 15.5. The lowest BCUT2D eigenvalue weighted by atomic mass is 10.1. The van der Waals surface area contributed by atoms with Crippen molar-refractivity contribution in [1.29, 1.82) is 0 Å². The summed E-state index contributed by atoms with van der Waals surface area (Å²) in [6.45, 7) is 18.6. The molecule has 0 radical (unpaired) electrons. The molecule has 1 atom stereocenters. The molecule has 55 heavy (non-hydrogen) atoms. The van der Waals surface area contributed by atoms with Gasteiger partial charge in [-0.25, -0.2) is 4.79 Å². The van der Waals surface area contributed by atoms with Gasteiger partial charge in [0, 0.05) is 5.57 Å². The van der Waals surface area contributed by atoms with Crippen molar-refractivity contribution in [1.82, 2.24) is 0 Å². The third kappa shape index (κ3) is 29.2. The van der Waals surface area contributed by atoms with E-state index in [1.54, 1.807) is 6.92 Å². The minimum Gasteiger partial charge on any atom is -0.327 e. The normalized spacial score (nSPS) is 12.4. The molecule has 0 N–H and O–H groups in total. The maximum atomic E-state index is 14.6. The molecular weight excluding hydrogens is 707 g/mol.